The highest BCUT2D eigenvalue weighted by atomic mass is 19.1. The molecule has 0 unspecified atom stereocenters. The van der Waals surface area contributed by atoms with Crippen molar-refractivity contribution in [1.29, 1.82) is 5.26 Å². The van der Waals surface area contributed by atoms with Gasteiger partial charge in [-0.1, -0.05) is 13.2 Å². The lowest BCUT2D eigenvalue weighted by atomic mass is 10.3. The monoisotopic (exact) mass is 153 g/mol. The van der Waals surface area contributed by atoms with E-state index < -0.39 is 5.83 Å². The number of allylic oxidation sites excluding steroid dienone is 3. The molecule has 0 saturated carbocycles. The molecule has 0 aliphatic carbocycles. The smallest absolute Gasteiger partial charge is 0.165 e. The van der Waals surface area contributed by atoms with Gasteiger partial charge in [0.25, 0.3) is 0 Å². The Labute approximate surface area is 64.9 Å². The zero-order valence-corrected chi connectivity index (χ0v) is 6.22. The lowest BCUT2D eigenvalue weighted by molar-refractivity contribution is 0.285. The molecule has 0 aromatic carbocycles. The standard InChI is InChI=1S/C8H8FNO/c1-6(5-10)4-8(9)7(2)11-3/h4H,1-2H2,3H3. The molecular formula is C8H8FNO. The van der Waals surface area contributed by atoms with Crippen molar-refractivity contribution in [3.05, 3.63) is 36.4 Å². The third kappa shape index (κ3) is 3.21. The molecule has 0 N–H and O–H groups in total. The zero-order valence-electron chi connectivity index (χ0n) is 6.22. The summed E-state index contributed by atoms with van der Waals surface area (Å²) in [5.41, 5.74) is 0.0284. The number of methoxy groups -OCH3 is 1. The Bertz CT molecular complexity index is 247. The molecule has 0 bridgehead atoms. The molecule has 0 saturated heterocycles. The second-order valence-corrected chi connectivity index (χ2v) is 1.76. The molecule has 0 amide bonds. The quantitative estimate of drug-likeness (QED) is 0.353. The average molecular weight is 153 g/mol. The van der Waals surface area contributed by atoms with Crippen LogP contribution < -0.4 is 0 Å². The largest absolute Gasteiger partial charge is 0.494 e. The molecule has 11 heavy (non-hydrogen) atoms. The molecule has 0 aliphatic rings. The highest BCUT2D eigenvalue weighted by molar-refractivity contribution is 5.35. The lowest BCUT2D eigenvalue weighted by Crippen LogP contribution is -1.84. The van der Waals surface area contributed by atoms with E-state index in [9.17, 15) is 4.39 Å². The van der Waals surface area contributed by atoms with Gasteiger partial charge < -0.3 is 4.74 Å². The minimum atomic E-state index is -0.681. The van der Waals surface area contributed by atoms with E-state index in [1.165, 1.54) is 7.11 Å². The normalized spacial score (nSPS) is 10.1. The minimum Gasteiger partial charge on any atom is -0.494 e. The van der Waals surface area contributed by atoms with Crippen molar-refractivity contribution in [2.24, 2.45) is 0 Å². The molecule has 0 spiro atoms. The molecule has 0 radical (unpaired) electrons. The van der Waals surface area contributed by atoms with E-state index in [-0.39, 0.29) is 11.3 Å². The van der Waals surface area contributed by atoms with Gasteiger partial charge in [-0.3, -0.25) is 0 Å². The first-order valence-corrected chi connectivity index (χ1v) is 2.81. The molecule has 0 heterocycles. The third-order valence-electron chi connectivity index (χ3n) is 0.957. The van der Waals surface area contributed by atoms with E-state index in [0.29, 0.717) is 0 Å². The molecule has 0 fully saturated rings. The Hall–Kier alpha value is -1.56. The zero-order chi connectivity index (χ0) is 8.85. The van der Waals surface area contributed by atoms with Crippen molar-refractivity contribution in [2.45, 2.75) is 0 Å². The summed E-state index contributed by atoms with van der Waals surface area (Å²) in [5.74, 6) is -0.791. The number of hydrogen-bond donors (Lipinski definition) is 0. The van der Waals surface area contributed by atoms with E-state index in [0.717, 1.165) is 6.08 Å². The lowest BCUT2D eigenvalue weighted by Gasteiger charge is -1.98. The number of ether oxygens (including phenoxy) is 1. The van der Waals surface area contributed by atoms with Crippen molar-refractivity contribution >= 4 is 0 Å². The fraction of sp³-hybridized carbons (Fsp3) is 0.125. The van der Waals surface area contributed by atoms with Gasteiger partial charge in [0.2, 0.25) is 0 Å². The van der Waals surface area contributed by atoms with Gasteiger partial charge in [-0.05, 0) is 6.08 Å². The van der Waals surface area contributed by atoms with Gasteiger partial charge >= 0.3 is 0 Å². The Balaban J connectivity index is 4.37. The fourth-order valence-electron chi connectivity index (χ4n) is 0.363. The van der Waals surface area contributed by atoms with Crippen molar-refractivity contribution in [1.82, 2.24) is 0 Å². The van der Waals surface area contributed by atoms with Crippen LogP contribution in [0.15, 0.2) is 36.4 Å². The van der Waals surface area contributed by atoms with Crippen molar-refractivity contribution in [3.8, 4) is 6.07 Å². The average Bonchev–Trinajstić information content (AvgIpc) is 2.02. The maximum absolute atomic E-state index is 12.7. The van der Waals surface area contributed by atoms with E-state index in [1.807, 2.05) is 0 Å². The summed E-state index contributed by atoms with van der Waals surface area (Å²) < 4.78 is 17.1. The molecule has 0 rings (SSSR count). The van der Waals surface area contributed by atoms with Gasteiger partial charge in [-0.2, -0.15) is 5.26 Å². The first-order valence-electron chi connectivity index (χ1n) is 2.81. The van der Waals surface area contributed by atoms with Crippen LogP contribution in [0, 0.1) is 11.3 Å². The minimum absolute atomic E-state index is 0.0284. The predicted molar refractivity (Wildman–Crippen MR) is 40.1 cm³/mol. The molecule has 3 heteroatoms. The van der Waals surface area contributed by atoms with Crippen LogP contribution in [0.25, 0.3) is 0 Å². The van der Waals surface area contributed by atoms with Gasteiger partial charge in [0.05, 0.1) is 13.2 Å². The third-order valence-corrected chi connectivity index (χ3v) is 0.957. The molecular weight excluding hydrogens is 145 g/mol. The van der Waals surface area contributed by atoms with Crippen LogP contribution in [0.4, 0.5) is 4.39 Å². The van der Waals surface area contributed by atoms with Gasteiger partial charge in [0.15, 0.2) is 5.83 Å². The number of rotatable bonds is 3. The van der Waals surface area contributed by atoms with Gasteiger partial charge in [0.1, 0.15) is 5.76 Å². The Morgan fingerprint density at radius 3 is 2.55 bits per heavy atom. The number of hydrogen-bond acceptors (Lipinski definition) is 2. The summed E-state index contributed by atoms with van der Waals surface area (Å²) in [6.45, 7) is 6.50. The second-order valence-electron chi connectivity index (χ2n) is 1.76. The first kappa shape index (κ1) is 9.44. The van der Waals surface area contributed by atoms with Crippen LogP contribution in [0.5, 0.6) is 0 Å². The summed E-state index contributed by atoms with van der Waals surface area (Å²) >= 11 is 0. The summed E-state index contributed by atoms with van der Waals surface area (Å²) in [4.78, 5) is 0. The molecule has 0 atom stereocenters. The topological polar surface area (TPSA) is 33.0 Å². The number of nitriles is 1. The van der Waals surface area contributed by atoms with Crippen LogP contribution in [0.3, 0.4) is 0 Å². The molecule has 2 nitrogen and oxygen atoms in total. The van der Waals surface area contributed by atoms with E-state index in [1.54, 1.807) is 6.07 Å². The molecule has 58 valence electrons. The summed E-state index contributed by atoms with van der Waals surface area (Å²) in [6.07, 6.45) is 0.964. The highest BCUT2D eigenvalue weighted by Gasteiger charge is 2.00. The van der Waals surface area contributed by atoms with Gasteiger partial charge in [0, 0.05) is 5.57 Å². The SMILES string of the molecule is C=C(C#N)C=C(F)C(=C)OC. The highest BCUT2D eigenvalue weighted by Crippen LogP contribution is 2.11. The van der Waals surface area contributed by atoms with Crippen molar-refractivity contribution in [3.63, 3.8) is 0 Å². The number of nitrogens with zero attached hydrogens (tertiary/aromatic N) is 1. The fourth-order valence-corrected chi connectivity index (χ4v) is 0.363. The molecule has 0 aromatic heterocycles. The van der Waals surface area contributed by atoms with E-state index >= 15 is 0 Å². The van der Waals surface area contributed by atoms with Crippen LogP contribution in [0.2, 0.25) is 0 Å². The van der Waals surface area contributed by atoms with E-state index in [2.05, 4.69) is 17.9 Å². The molecule has 0 aliphatic heterocycles. The molecule has 0 aromatic rings. The van der Waals surface area contributed by atoms with Gasteiger partial charge in [-0.25, -0.2) is 4.39 Å². The Morgan fingerprint density at radius 2 is 2.18 bits per heavy atom. The van der Waals surface area contributed by atoms with Crippen LogP contribution in [-0.4, -0.2) is 7.11 Å². The number of halogens is 1. The maximum Gasteiger partial charge on any atom is 0.165 e. The van der Waals surface area contributed by atoms with E-state index in [4.69, 9.17) is 5.26 Å². The maximum atomic E-state index is 12.7. The Kier molecular flexibility index (Phi) is 3.68. The van der Waals surface area contributed by atoms with Crippen molar-refractivity contribution in [2.75, 3.05) is 7.11 Å². The second kappa shape index (κ2) is 4.29. The summed E-state index contributed by atoms with van der Waals surface area (Å²) in [7, 11) is 1.30. The Morgan fingerprint density at radius 1 is 1.64 bits per heavy atom. The van der Waals surface area contributed by atoms with Crippen LogP contribution >= 0.6 is 0 Å². The first-order chi connectivity index (χ1) is 5.11. The van der Waals surface area contributed by atoms with Crippen LogP contribution in [-0.2, 0) is 4.74 Å². The van der Waals surface area contributed by atoms with Gasteiger partial charge in [-0.15, -0.1) is 0 Å². The summed E-state index contributed by atoms with van der Waals surface area (Å²) in [5, 5.41) is 8.21. The predicted octanol–water partition coefficient (Wildman–Crippen LogP) is 2.08. The summed E-state index contributed by atoms with van der Waals surface area (Å²) in [6, 6.07) is 1.67. The van der Waals surface area contributed by atoms with Crippen LogP contribution in [0.1, 0.15) is 0 Å². The van der Waals surface area contributed by atoms with Crippen molar-refractivity contribution < 1.29 is 9.13 Å².